The zero-order chi connectivity index (χ0) is 14.8. The Bertz CT molecular complexity index is 395. The maximum Gasteiger partial charge on any atom is 0.414 e. The zero-order valence-corrected chi connectivity index (χ0v) is 9.94. The topological polar surface area (TPSA) is 83.9 Å². The molecule has 1 aliphatic rings. The molecule has 0 aliphatic carbocycles. The van der Waals surface area contributed by atoms with Crippen LogP contribution in [0.15, 0.2) is 0 Å². The van der Waals surface area contributed by atoms with Gasteiger partial charge in [-0.25, -0.2) is 9.69 Å². The lowest BCUT2D eigenvalue weighted by Crippen LogP contribution is -2.46. The number of carbonyl (C=O) groups is 3. The van der Waals surface area contributed by atoms with Gasteiger partial charge in [0.25, 0.3) is 0 Å². The number of rotatable bonds is 3. The number of hydrogen-bond acceptors (Lipinski definition) is 4. The molecular weight excluding hydrogens is 271 g/mol. The van der Waals surface area contributed by atoms with Gasteiger partial charge in [-0.3, -0.25) is 9.59 Å². The Morgan fingerprint density at radius 1 is 1.47 bits per heavy atom. The summed E-state index contributed by atoms with van der Waals surface area (Å²) in [7, 11) is 0. The van der Waals surface area contributed by atoms with Crippen molar-refractivity contribution in [2.45, 2.75) is 32.0 Å². The highest BCUT2D eigenvalue weighted by Gasteiger charge is 2.55. The fraction of sp³-hybridized carbons (Fsp3) is 0.700. The predicted octanol–water partition coefficient (Wildman–Crippen LogP) is 1.40. The summed E-state index contributed by atoms with van der Waals surface area (Å²) in [5.41, 5.74) is 0. The van der Waals surface area contributed by atoms with E-state index in [9.17, 15) is 27.6 Å². The second-order valence-electron chi connectivity index (χ2n) is 3.99. The highest BCUT2D eigenvalue weighted by atomic mass is 19.4. The summed E-state index contributed by atoms with van der Waals surface area (Å²) in [6.45, 7) is 1.54. The number of halogens is 3. The summed E-state index contributed by atoms with van der Waals surface area (Å²) < 4.78 is 42.4. The largest absolute Gasteiger partial charge is 0.466 e. The minimum absolute atomic E-state index is 0.0328. The quantitative estimate of drug-likeness (QED) is 0.791. The van der Waals surface area contributed by atoms with Crippen LogP contribution in [0.25, 0.3) is 0 Å². The van der Waals surface area contributed by atoms with Gasteiger partial charge >= 0.3 is 18.2 Å². The van der Waals surface area contributed by atoms with Crippen LogP contribution in [-0.2, 0) is 14.3 Å². The fourth-order valence-corrected chi connectivity index (χ4v) is 1.93. The number of alkyl halides is 3. The first kappa shape index (κ1) is 15.3. The van der Waals surface area contributed by atoms with Crippen molar-refractivity contribution in [1.29, 1.82) is 0 Å². The Morgan fingerprint density at radius 2 is 2.05 bits per heavy atom. The molecule has 0 bridgehead atoms. The maximum atomic E-state index is 12.6. The molecule has 2 unspecified atom stereocenters. The molecule has 1 aliphatic heterocycles. The first-order valence-corrected chi connectivity index (χ1v) is 5.46. The molecule has 0 radical (unpaired) electrons. The first-order chi connectivity index (χ1) is 8.68. The van der Waals surface area contributed by atoms with Crippen LogP contribution in [0.4, 0.5) is 18.0 Å². The lowest BCUT2D eigenvalue weighted by molar-refractivity contribution is -0.175. The van der Waals surface area contributed by atoms with Crippen molar-refractivity contribution in [3.8, 4) is 0 Å². The molecule has 0 aromatic carbocycles. The second-order valence-corrected chi connectivity index (χ2v) is 3.99. The third-order valence-corrected chi connectivity index (χ3v) is 2.71. The third kappa shape index (κ3) is 3.36. The summed E-state index contributed by atoms with van der Waals surface area (Å²) in [4.78, 5) is 33.2. The Hall–Kier alpha value is -1.80. The minimum atomic E-state index is -4.85. The maximum absolute atomic E-state index is 12.6. The van der Waals surface area contributed by atoms with Crippen LogP contribution in [0.3, 0.4) is 0 Å². The highest BCUT2D eigenvalue weighted by molar-refractivity contribution is 5.96. The van der Waals surface area contributed by atoms with Crippen molar-refractivity contribution >= 4 is 18.0 Å². The molecule has 9 heteroatoms. The van der Waals surface area contributed by atoms with E-state index < -0.39 is 48.9 Å². The molecule has 1 N–H and O–H groups in total. The number of amides is 2. The van der Waals surface area contributed by atoms with E-state index in [0.717, 1.165) is 0 Å². The van der Waals surface area contributed by atoms with Crippen LogP contribution in [0.1, 0.15) is 19.8 Å². The molecule has 2 atom stereocenters. The molecule has 0 aromatic rings. The van der Waals surface area contributed by atoms with Crippen molar-refractivity contribution in [2.75, 3.05) is 6.61 Å². The number of likely N-dealkylation sites (tertiary alicyclic amines) is 1. The summed E-state index contributed by atoms with van der Waals surface area (Å²) in [6, 6.07) is -2.41. The summed E-state index contributed by atoms with van der Waals surface area (Å²) in [6.07, 6.45) is -8.13. The molecule has 1 fully saturated rings. The molecule has 1 rings (SSSR count). The van der Waals surface area contributed by atoms with Crippen LogP contribution in [0.2, 0.25) is 0 Å². The molecule has 6 nitrogen and oxygen atoms in total. The monoisotopic (exact) mass is 283 g/mol. The molecule has 108 valence electrons. The summed E-state index contributed by atoms with van der Waals surface area (Å²) in [5.74, 6) is -3.36. The molecule has 1 saturated heterocycles. The molecule has 0 saturated carbocycles. The fourth-order valence-electron chi connectivity index (χ4n) is 1.93. The van der Waals surface area contributed by atoms with Gasteiger partial charge in [0.2, 0.25) is 5.91 Å². The third-order valence-electron chi connectivity index (χ3n) is 2.71. The van der Waals surface area contributed by atoms with E-state index in [1.165, 1.54) is 6.92 Å². The van der Waals surface area contributed by atoms with Gasteiger partial charge in [0, 0.05) is 0 Å². The number of esters is 1. The van der Waals surface area contributed by atoms with Gasteiger partial charge in [0.1, 0.15) is 6.04 Å². The van der Waals surface area contributed by atoms with E-state index in [4.69, 9.17) is 5.11 Å². The smallest absolute Gasteiger partial charge is 0.414 e. The lowest BCUT2D eigenvalue weighted by Gasteiger charge is -2.21. The molecule has 2 amide bonds. The van der Waals surface area contributed by atoms with Gasteiger partial charge in [-0.15, -0.1) is 0 Å². The SMILES string of the molecule is CCOC(=O)CC1CC(C(F)(F)F)N(C(=O)O)C1=O. The van der Waals surface area contributed by atoms with Crippen molar-refractivity contribution in [2.24, 2.45) is 5.92 Å². The average Bonchev–Trinajstić information content (AvgIpc) is 2.56. The molecule has 0 aromatic heterocycles. The Labute approximate surface area is 106 Å². The van der Waals surface area contributed by atoms with E-state index in [2.05, 4.69) is 4.74 Å². The highest BCUT2D eigenvalue weighted by Crippen LogP contribution is 2.37. The van der Waals surface area contributed by atoms with Crippen LogP contribution in [0.5, 0.6) is 0 Å². The second kappa shape index (κ2) is 5.45. The van der Waals surface area contributed by atoms with Gasteiger partial charge in [-0.1, -0.05) is 0 Å². The minimum Gasteiger partial charge on any atom is -0.466 e. The Morgan fingerprint density at radius 3 is 2.42 bits per heavy atom. The van der Waals surface area contributed by atoms with Crippen molar-refractivity contribution in [3.63, 3.8) is 0 Å². The van der Waals surface area contributed by atoms with Gasteiger partial charge < -0.3 is 9.84 Å². The van der Waals surface area contributed by atoms with Crippen LogP contribution < -0.4 is 0 Å². The zero-order valence-electron chi connectivity index (χ0n) is 9.94. The van der Waals surface area contributed by atoms with E-state index in [-0.39, 0.29) is 11.5 Å². The normalized spacial score (nSPS) is 23.6. The Balaban J connectivity index is 2.86. The van der Waals surface area contributed by atoms with Gasteiger partial charge in [-0.05, 0) is 13.3 Å². The van der Waals surface area contributed by atoms with Crippen LogP contribution >= 0.6 is 0 Å². The predicted molar refractivity (Wildman–Crippen MR) is 54.1 cm³/mol. The Kier molecular flexibility index (Phi) is 4.38. The standard InChI is InChI=1S/C10H12F3NO5/c1-2-19-7(15)4-5-3-6(10(11,12)13)14(8(5)16)9(17)18/h5-6H,2-4H2,1H3,(H,17,18). The van der Waals surface area contributed by atoms with E-state index in [1.54, 1.807) is 0 Å². The summed E-state index contributed by atoms with van der Waals surface area (Å²) >= 11 is 0. The van der Waals surface area contributed by atoms with Crippen molar-refractivity contribution in [1.82, 2.24) is 4.90 Å². The van der Waals surface area contributed by atoms with E-state index in [1.807, 2.05) is 0 Å². The molecule has 0 spiro atoms. The lowest BCUT2D eigenvalue weighted by atomic mass is 10.0. The van der Waals surface area contributed by atoms with E-state index in [0.29, 0.717) is 0 Å². The van der Waals surface area contributed by atoms with Gasteiger partial charge in [0.05, 0.1) is 18.9 Å². The number of carboxylic acid groups (broad SMARTS) is 1. The number of hydrogen-bond donors (Lipinski definition) is 1. The van der Waals surface area contributed by atoms with Gasteiger partial charge in [-0.2, -0.15) is 13.2 Å². The van der Waals surface area contributed by atoms with E-state index >= 15 is 0 Å². The molecular formula is C10H12F3NO5. The molecule has 1 heterocycles. The van der Waals surface area contributed by atoms with Crippen LogP contribution in [-0.4, -0.2) is 46.8 Å². The summed E-state index contributed by atoms with van der Waals surface area (Å²) in [5, 5.41) is 8.66. The molecule has 19 heavy (non-hydrogen) atoms. The van der Waals surface area contributed by atoms with Crippen molar-refractivity contribution in [3.05, 3.63) is 0 Å². The van der Waals surface area contributed by atoms with Gasteiger partial charge in [0.15, 0.2) is 0 Å². The number of ether oxygens (including phenoxy) is 1. The number of nitrogens with zero attached hydrogens (tertiary/aromatic N) is 1. The van der Waals surface area contributed by atoms with Crippen LogP contribution in [0, 0.1) is 5.92 Å². The average molecular weight is 283 g/mol. The number of imide groups is 1. The number of carbonyl (C=O) groups excluding carboxylic acids is 2. The first-order valence-electron chi connectivity index (χ1n) is 5.46. The van der Waals surface area contributed by atoms with Crippen molar-refractivity contribution < 1.29 is 37.4 Å².